The number of hydrogen-bond donors (Lipinski definition) is 1. The van der Waals surface area contributed by atoms with Crippen LogP contribution < -0.4 is 15.1 Å². The number of hydrogen-bond acceptors (Lipinski definition) is 7. The van der Waals surface area contributed by atoms with Gasteiger partial charge in [0.2, 0.25) is 5.91 Å². The van der Waals surface area contributed by atoms with E-state index < -0.39 is 17.9 Å². The van der Waals surface area contributed by atoms with Gasteiger partial charge in [-0.15, -0.1) is 0 Å². The predicted molar refractivity (Wildman–Crippen MR) is 146 cm³/mol. The molecule has 1 saturated carbocycles. The predicted octanol–water partition coefficient (Wildman–Crippen LogP) is 4.35. The van der Waals surface area contributed by atoms with Crippen molar-refractivity contribution < 1.29 is 28.3 Å². The van der Waals surface area contributed by atoms with E-state index in [4.69, 9.17) is 13.9 Å². The highest BCUT2D eigenvalue weighted by molar-refractivity contribution is 6.09. The Balaban J connectivity index is 1.55. The fourth-order valence-corrected chi connectivity index (χ4v) is 5.24. The molecular weight excluding hydrogens is 498 g/mol. The van der Waals surface area contributed by atoms with Crippen molar-refractivity contribution in [3.8, 4) is 0 Å². The lowest BCUT2D eigenvalue weighted by Gasteiger charge is -2.33. The Hall–Kier alpha value is -4.11. The van der Waals surface area contributed by atoms with E-state index in [0.29, 0.717) is 30.0 Å². The molecule has 2 aliphatic rings. The first kappa shape index (κ1) is 26.5. The Bertz CT molecular complexity index is 1260. The normalized spacial score (nSPS) is 16.5. The third-order valence-corrected chi connectivity index (χ3v) is 7.31. The fraction of sp³-hybridized carbons (Fsp3) is 0.367. The van der Waals surface area contributed by atoms with E-state index in [1.165, 1.54) is 18.3 Å². The highest BCUT2D eigenvalue weighted by atomic mass is 16.5. The Morgan fingerprint density at radius 2 is 1.67 bits per heavy atom. The number of esters is 1. The third kappa shape index (κ3) is 5.98. The number of methoxy groups -OCH3 is 1. The summed E-state index contributed by atoms with van der Waals surface area (Å²) in [4.78, 5) is 43.6. The van der Waals surface area contributed by atoms with Crippen LogP contribution >= 0.6 is 0 Å². The highest BCUT2D eigenvalue weighted by Gasteiger charge is 2.36. The van der Waals surface area contributed by atoms with E-state index >= 15 is 0 Å². The molecule has 2 aromatic carbocycles. The van der Waals surface area contributed by atoms with Crippen LogP contribution in [0.5, 0.6) is 0 Å². The van der Waals surface area contributed by atoms with Gasteiger partial charge in [0.05, 0.1) is 32.2 Å². The molecule has 204 valence electrons. The number of nitrogens with zero attached hydrogens (tertiary/aromatic N) is 2. The molecule has 3 aromatic rings. The summed E-state index contributed by atoms with van der Waals surface area (Å²) in [6.07, 6.45) is 5.38. The summed E-state index contributed by atoms with van der Waals surface area (Å²) in [5, 5.41) is 3.18. The molecule has 2 heterocycles. The van der Waals surface area contributed by atoms with Crippen LogP contribution in [0.2, 0.25) is 0 Å². The standard InChI is InChI=1S/C30H33N3O6/c1-37-30(36)22-10-14-25(15-11-22)33(29(35)26-7-4-18-39-26)27(28(34)31-23-5-2-3-6-23)21-8-12-24(13-9-21)32-16-19-38-20-17-32/h4,7-15,18,23,27H,2-3,5-6,16-17,19-20H2,1H3,(H,31,34). The van der Waals surface area contributed by atoms with Gasteiger partial charge in [0.1, 0.15) is 6.04 Å². The number of morpholine rings is 1. The van der Waals surface area contributed by atoms with Crippen molar-refractivity contribution in [2.45, 2.75) is 37.8 Å². The number of anilines is 2. The maximum Gasteiger partial charge on any atom is 0.337 e. The number of amides is 2. The van der Waals surface area contributed by atoms with Crippen molar-refractivity contribution in [1.29, 1.82) is 0 Å². The molecule has 2 fully saturated rings. The smallest absolute Gasteiger partial charge is 0.337 e. The van der Waals surface area contributed by atoms with Gasteiger partial charge in [0.15, 0.2) is 5.76 Å². The van der Waals surface area contributed by atoms with E-state index in [1.54, 1.807) is 36.4 Å². The topological polar surface area (TPSA) is 101 Å². The SMILES string of the molecule is COC(=O)c1ccc(N(C(=O)c2ccco2)C(C(=O)NC2CCCC2)c2ccc(N3CCOCC3)cc2)cc1. The largest absolute Gasteiger partial charge is 0.465 e. The zero-order valence-electron chi connectivity index (χ0n) is 22.0. The van der Waals surface area contributed by atoms with Crippen LogP contribution in [0.1, 0.15) is 58.2 Å². The van der Waals surface area contributed by atoms with Gasteiger partial charge in [-0.3, -0.25) is 14.5 Å². The van der Waals surface area contributed by atoms with E-state index in [9.17, 15) is 14.4 Å². The second-order valence-corrected chi connectivity index (χ2v) is 9.77. The molecule has 1 aliphatic heterocycles. The number of ether oxygens (including phenoxy) is 2. The molecule has 9 heteroatoms. The lowest BCUT2D eigenvalue weighted by molar-refractivity contribution is -0.123. The van der Waals surface area contributed by atoms with Crippen LogP contribution in [-0.2, 0) is 14.3 Å². The average Bonchev–Trinajstić information content (AvgIpc) is 3.71. The van der Waals surface area contributed by atoms with Crippen LogP contribution in [0.25, 0.3) is 0 Å². The molecule has 1 unspecified atom stereocenters. The minimum Gasteiger partial charge on any atom is -0.465 e. The van der Waals surface area contributed by atoms with Crippen molar-refractivity contribution >= 4 is 29.2 Å². The fourth-order valence-electron chi connectivity index (χ4n) is 5.24. The van der Waals surface area contributed by atoms with Gasteiger partial charge < -0.3 is 24.1 Å². The molecule has 1 N–H and O–H groups in total. The molecule has 1 atom stereocenters. The van der Waals surface area contributed by atoms with Crippen molar-refractivity contribution in [1.82, 2.24) is 5.32 Å². The minimum absolute atomic E-state index is 0.0647. The van der Waals surface area contributed by atoms with Crippen LogP contribution in [0.15, 0.2) is 71.3 Å². The molecule has 1 saturated heterocycles. The molecule has 0 bridgehead atoms. The summed E-state index contributed by atoms with van der Waals surface area (Å²) >= 11 is 0. The first-order valence-electron chi connectivity index (χ1n) is 13.3. The van der Waals surface area contributed by atoms with Gasteiger partial charge in [-0.05, 0) is 66.9 Å². The van der Waals surface area contributed by atoms with Crippen LogP contribution in [0.4, 0.5) is 11.4 Å². The summed E-state index contributed by atoms with van der Waals surface area (Å²) in [6.45, 7) is 2.92. The molecule has 1 aromatic heterocycles. The Morgan fingerprint density at radius 1 is 0.974 bits per heavy atom. The van der Waals surface area contributed by atoms with Crippen molar-refractivity contribution in [3.05, 3.63) is 83.8 Å². The summed E-state index contributed by atoms with van der Waals surface area (Å²) < 4.78 is 15.8. The molecule has 1 aliphatic carbocycles. The summed E-state index contributed by atoms with van der Waals surface area (Å²) in [5.41, 5.74) is 2.49. The number of carbonyl (C=O) groups is 3. The van der Waals surface area contributed by atoms with E-state index in [2.05, 4.69) is 10.2 Å². The molecule has 9 nitrogen and oxygen atoms in total. The first-order chi connectivity index (χ1) is 19.0. The third-order valence-electron chi connectivity index (χ3n) is 7.31. The minimum atomic E-state index is -0.967. The van der Waals surface area contributed by atoms with Crippen LogP contribution in [0, 0.1) is 0 Å². The number of benzene rings is 2. The highest BCUT2D eigenvalue weighted by Crippen LogP contribution is 2.32. The molecule has 39 heavy (non-hydrogen) atoms. The van der Waals surface area contributed by atoms with Crippen molar-refractivity contribution in [2.75, 3.05) is 43.2 Å². The lowest BCUT2D eigenvalue weighted by Crippen LogP contribution is -2.46. The van der Waals surface area contributed by atoms with Crippen molar-refractivity contribution in [2.24, 2.45) is 0 Å². The number of carbonyl (C=O) groups excluding carboxylic acids is 3. The molecule has 0 spiro atoms. The summed E-state index contributed by atoms with van der Waals surface area (Å²) in [6, 6.07) is 16.5. The maximum absolute atomic E-state index is 14.0. The average molecular weight is 532 g/mol. The maximum atomic E-state index is 14.0. The first-order valence-corrected chi connectivity index (χ1v) is 13.3. The van der Waals surface area contributed by atoms with Crippen LogP contribution in [-0.4, -0.2) is 57.2 Å². The second kappa shape index (κ2) is 12.2. The van der Waals surface area contributed by atoms with Gasteiger partial charge in [0.25, 0.3) is 5.91 Å². The van der Waals surface area contributed by atoms with E-state index in [0.717, 1.165) is 44.5 Å². The molecular formula is C30H33N3O6. The van der Waals surface area contributed by atoms with E-state index in [1.807, 2.05) is 24.3 Å². The quantitative estimate of drug-likeness (QED) is 0.431. The summed E-state index contributed by atoms with van der Waals surface area (Å²) in [5.74, 6) is -1.11. The van der Waals surface area contributed by atoms with Gasteiger partial charge in [-0.2, -0.15) is 0 Å². The number of nitrogens with one attached hydrogen (secondary N) is 1. The Morgan fingerprint density at radius 3 is 2.28 bits per heavy atom. The number of rotatable bonds is 8. The van der Waals surface area contributed by atoms with Crippen LogP contribution in [0.3, 0.4) is 0 Å². The Labute approximate surface area is 227 Å². The zero-order chi connectivity index (χ0) is 27.2. The number of furan rings is 1. The molecule has 5 rings (SSSR count). The van der Waals surface area contributed by atoms with Gasteiger partial charge >= 0.3 is 5.97 Å². The lowest BCUT2D eigenvalue weighted by atomic mass is 10.0. The van der Waals surface area contributed by atoms with Crippen molar-refractivity contribution in [3.63, 3.8) is 0 Å². The van der Waals surface area contributed by atoms with Gasteiger partial charge in [0, 0.05) is 30.5 Å². The van der Waals surface area contributed by atoms with E-state index in [-0.39, 0.29) is 17.7 Å². The van der Waals surface area contributed by atoms with Gasteiger partial charge in [-0.1, -0.05) is 25.0 Å². The monoisotopic (exact) mass is 531 g/mol. The zero-order valence-corrected chi connectivity index (χ0v) is 22.0. The Kier molecular flexibility index (Phi) is 8.27. The summed E-state index contributed by atoms with van der Waals surface area (Å²) in [7, 11) is 1.31. The second-order valence-electron chi connectivity index (χ2n) is 9.77. The molecule has 0 radical (unpaired) electrons. The molecule has 2 amide bonds. The van der Waals surface area contributed by atoms with Gasteiger partial charge in [-0.25, -0.2) is 4.79 Å².